The number of nitrogens with one attached hydrogen (secondary N) is 2. The predicted octanol–water partition coefficient (Wildman–Crippen LogP) is 1.46. The highest BCUT2D eigenvalue weighted by atomic mass is 15.3. The molecule has 0 spiro atoms. The van der Waals surface area contributed by atoms with Crippen LogP contribution in [0, 0.1) is 0 Å². The Kier molecular flexibility index (Phi) is 5.26. The number of nitrogens with zero attached hydrogens (tertiary/aromatic N) is 3. The van der Waals surface area contributed by atoms with E-state index in [0.29, 0.717) is 18.0 Å². The van der Waals surface area contributed by atoms with Crippen LogP contribution in [0.5, 0.6) is 0 Å². The zero-order chi connectivity index (χ0) is 16.2. The molecule has 2 atom stereocenters. The molecule has 0 radical (unpaired) electrons. The van der Waals surface area contributed by atoms with Crippen LogP contribution < -0.4 is 10.5 Å². The predicted molar refractivity (Wildman–Crippen MR) is 100 cm³/mol. The fraction of sp³-hybridized carbons (Fsp3) is 0.625. The van der Waals surface area contributed by atoms with E-state index in [9.17, 15) is 0 Å². The van der Waals surface area contributed by atoms with Crippen LogP contribution in [0.15, 0.2) is 18.3 Å². The molecule has 2 N–H and O–H groups in total. The summed E-state index contributed by atoms with van der Waals surface area (Å²) in [6.45, 7) is 4.48. The molecule has 0 aliphatic heterocycles. The number of rotatable bonds is 7. The summed E-state index contributed by atoms with van der Waals surface area (Å²) in [5, 5.41) is 11.7. The molecule has 0 saturated heterocycles. The zero-order valence-electron chi connectivity index (χ0n) is 14.5. The van der Waals surface area contributed by atoms with Gasteiger partial charge in [-0.2, -0.15) is 9.61 Å². The molecule has 1 fully saturated rings. The van der Waals surface area contributed by atoms with E-state index in [0.717, 1.165) is 31.6 Å². The molecule has 0 amide bonds. The molecule has 23 heavy (non-hydrogen) atoms. The molecule has 0 unspecified atom stereocenters. The first-order valence-corrected chi connectivity index (χ1v) is 9.09. The molecule has 1 aliphatic carbocycles. The third kappa shape index (κ3) is 3.55. The van der Waals surface area contributed by atoms with Crippen LogP contribution in [0.4, 0.5) is 5.82 Å². The van der Waals surface area contributed by atoms with Crippen LogP contribution in [0.2, 0.25) is 0 Å². The van der Waals surface area contributed by atoms with Crippen molar-refractivity contribution < 1.29 is 0 Å². The largest absolute Gasteiger partial charge is 0.367 e. The summed E-state index contributed by atoms with van der Waals surface area (Å²) in [7, 11) is 3.23. The third-order valence-electron chi connectivity index (χ3n) is 5.06. The fourth-order valence-corrected chi connectivity index (χ4v) is 3.75. The van der Waals surface area contributed by atoms with Gasteiger partial charge in [-0.3, -0.25) is 0 Å². The Hall–Kier alpha value is -1.49. The van der Waals surface area contributed by atoms with Gasteiger partial charge >= 0.3 is 0 Å². The minimum absolute atomic E-state index is 0.517. The molecule has 122 valence electrons. The van der Waals surface area contributed by atoms with Crippen molar-refractivity contribution in [3.8, 4) is 0 Å². The average molecular weight is 311 g/mol. The maximum absolute atomic E-state index is 4.80. The number of aromatic nitrogens is 3. The molecule has 0 bridgehead atoms. The zero-order valence-corrected chi connectivity index (χ0v) is 14.5. The summed E-state index contributed by atoms with van der Waals surface area (Å²) in [6.07, 6.45) is 7.72. The van der Waals surface area contributed by atoms with Gasteiger partial charge in [-0.15, -0.1) is 0 Å². The first-order valence-electron chi connectivity index (χ1n) is 9.09. The number of hydrogen-bond acceptors (Lipinski definition) is 4. The number of fused-ring (bicyclic) bond motifs is 1. The molecule has 1 saturated carbocycles. The number of anilines is 1. The highest BCUT2D eigenvalue weighted by molar-refractivity contribution is 6.87. The lowest BCUT2D eigenvalue weighted by molar-refractivity contribution is 0.620. The molecule has 1 aliphatic rings. The first-order chi connectivity index (χ1) is 11.2. The fourth-order valence-electron chi connectivity index (χ4n) is 3.75. The van der Waals surface area contributed by atoms with E-state index in [4.69, 9.17) is 4.98 Å². The smallest absolute Gasteiger partial charge is 0.158 e. The van der Waals surface area contributed by atoms with Crippen LogP contribution in [-0.2, 0) is 0 Å². The molecule has 2 heterocycles. The van der Waals surface area contributed by atoms with E-state index >= 15 is 0 Å². The monoisotopic (exact) mass is 311 g/mol. The van der Waals surface area contributed by atoms with E-state index in [1.165, 1.54) is 25.0 Å². The topological polar surface area (TPSA) is 54.2 Å². The Bertz CT molecular complexity index is 640. The number of hydrogen-bond donors (Lipinski definition) is 2. The van der Waals surface area contributed by atoms with Crippen LogP contribution in [-0.4, -0.2) is 41.7 Å². The lowest BCUT2D eigenvalue weighted by Gasteiger charge is -2.19. The molecule has 2 aromatic heterocycles. The van der Waals surface area contributed by atoms with Crippen LogP contribution in [0.3, 0.4) is 0 Å². The highest BCUT2D eigenvalue weighted by Gasteiger charge is 2.24. The quantitative estimate of drug-likeness (QED) is 0.760. The maximum atomic E-state index is 4.80. The molecule has 7 heteroatoms. The van der Waals surface area contributed by atoms with Gasteiger partial charge in [0.25, 0.3) is 0 Å². The first kappa shape index (κ1) is 16.4. The average Bonchev–Trinajstić information content (AvgIpc) is 3.18. The van der Waals surface area contributed by atoms with Crippen LogP contribution in [0.25, 0.3) is 5.65 Å². The van der Waals surface area contributed by atoms with Gasteiger partial charge in [0.1, 0.15) is 5.82 Å². The van der Waals surface area contributed by atoms with Gasteiger partial charge in [-0.05, 0) is 38.1 Å². The maximum Gasteiger partial charge on any atom is 0.158 e. The SMILES string of the molecule is BBN[C@H]1CC[C@H](Nc2cc(C(CC)CC)nc3ccnn23)C1. The molecule has 5 nitrogen and oxygen atoms in total. The van der Waals surface area contributed by atoms with Gasteiger partial charge < -0.3 is 10.5 Å². The minimum Gasteiger partial charge on any atom is -0.367 e. The second kappa shape index (κ2) is 7.39. The van der Waals surface area contributed by atoms with Crippen LogP contribution >= 0.6 is 0 Å². The van der Waals surface area contributed by atoms with E-state index < -0.39 is 0 Å². The Balaban J connectivity index is 1.83. The van der Waals surface area contributed by atoms with Crippen molar-refractivity contribution in [1.29, 1.82) is 0 Å². The second-order valence-electron chi connectivity index (χ2n) is 6.59. The molecular formula is C16H27B2N5. The standard InChI is InChI=1S/C16H27B2N5/c1-3-11(4-2)14-10-16(23-15(21-14)7-8-19-23)20-12-5-6-13(9-12)22-18-17/h7-8,10-13,18,20,22H,3-6,9,17H2,1-2H3/t12-,13-/m0/s1. The van der Waals surface area contributed by atoms with Gasteiger partial charge in [0.05, 0.1) is 13.9 Å². The van der Waals surface area contributed by atoms with Crippen LogP contribution in [0.1, 0.15) is 57.6 Å². The van der Waals surface area contributed by atoms with Gasteiger partial charge in [-0.1, -0.05) is 13.8 Å². The van der Waals surface area contributed by atoms with E-state index in [2.05, 4.69) is 43.3 Å². The normalized spacial score (nSPS) is 21.2. The minimum atomic E-state index is 0.517. The molecular weight excluding hydrogens is 284 g/mol. The lowest BCUT2D eigenvalue weighted by atomic mass is 9.66. The highest BCUT2D eigenvalue weighted by Crippen LogP contribution is 2.27. The lowest BCUT2D eigenvalue weighted by Crippen LogP contribution is -2.31. The Morgan fingerprint density at radius 1 is 1.35 bits per heavy atom. The summed E-state index contributed by atoms with van der Waals surface area (Å²) in [5.41, 5.74) is 2.13. The van der Waals surface area contributed by atoms with Crippen molar-refractivity contribution in [2.24, 2.45) is 0 Å². The van der Waals surface area contributed by atoms with E-state index in [-0.39, 0.29) is 0 Å². The van der Waals surface area contributed by atoms with Crippen molar-refractivity contribution in [3.05, 3.63) is 24.0 Å². The third-order valence-corrected chi connectivity index (χ3v) is 5.06. The summed E-state index contributed by atoms with van der Waals surface area (Å²) in [5.74, 6) is 1.61. The Labute approximate surface area is 140 Å². The van der Waals surface area contributed by atoms with Gasteiger partial charge in [0.15, 0.2) is 13.0 Å². The second-order valence-corrected chi connectivity index (χ2v) is 6.59. The summed E-state index contributed by atoms with van der Waals surface area (Å²) in [4.78, 5) is 4.80. The van der Waals surface area contributed by atoms with Gasteiger partial charge in [0.2, 0.25) is 0 Å². The Morgan fingerprint density at radius 3 is 2.87 bits per heavy atom. The van der Waals surface area contributed by atoms with Gasteiger partial charge in [-0.25, -0.2) is 4.98 Å². The van der Waals surface area contributed by atoms with Crippen molar-refractivity contribution in [2.75, 3.05) is 5.32 Å². The summed E-state index contributed by atoms with van der Waals surface area (Å²) >= 11 is 0. The van der Waals surface area contributed by atoms with Crippen molar-refractivity contribution in [3.63, 3.8) is 0 Å². The van der Waals surface area contributed by atoms with E-state index in [1.807, 2.05) is 16.8 Å². The summed E-state index contributed by atoms with van der Waals surface area (Å²) < 4.78 is 1.94. The van der Waals surface area contributed by atoms with Crippen molar-refractivity contribution >= 4 is 26.5 Å². The summed E-state index contributed by atoms with van der Waals surface area (Å²) in [6, 6.07) is 5.36. The molecule has 2 aromatic rings. The van der Waals surface area contributed by atoms with Crippen molar-refractivity contribution in [2.45, 2.75) is 64.0 Å². The molecule has 0 aromatic carbocycles. The Morgan fingerprint density at radius 2 is 2.13 bits per heavy atom. The molecule has 3 rings (SSSR count). The van der Waals surface area contributed by atoms with E-state index in [1.54, 1.807) is 0 Å². The van der Waals surface area contributed by atoms with Crippen molar-refractivity contribution in [1.82, 2.24) is 19.8 Å². The van der Waals surface area contributed by atoms with Gasteiger partial charge in [0, 0.05) is 29.8 Å².